The average molecular weight is 235 g/mol. The van der Waals surface area contributed by atoms with Crippen LogP contribution < -0.4 is 11.1 Å². The largest absolute Gasteiger partial charge is 0.409 e. The molecule has 4 N–H and O–H groups in total. The lowest BCUT2D eigenvalue weighted by Gasteiger charge is -2.10. The Balaban J connectivity index is 2.39. The fourth-order valence-electron chi connectivity index (χ4n) is 1.56. The zero-order chi connectivity index (χ0) is 12.7. The molecule has 1 aromatic rings. The van der Waals surface area contributed by atoms with E-state index in [4.69, 9.17) is 10.9 Å². The first-order valence-electron chi connectivity index (χ1n) is 5.93. The molecule has 0 spiro atoms. The molecule has 0 aliphatic heterocycles. The Bertz CT molecular complexity index is 375. The predicted molar refractivity (Wildman–Crippen MR) is 71.7 cm³/mol. The number of nitrogens with one attached hydrogen (secondary N) is 1. The van der Waals surface area contributed by atoms with Gasteiger partial charge in [-0.2, -0.15) is 0 Å². The van der Waals surface area contributed by atoms with Gasteiger partial charge in [0, 0.05) is 18.7 Å². The summed E-state index contributed by atoms with van der Waals surface area (Å²) in [5.74, 6) is 0.816. The van der Waals surface area contributed by atoms with Crippen molar-refractivity contribution in [1.29, 1.82) is 0 Å². The number of nitrogens with two attached hydrogens (primary N) is 1. The summed E-state index contributed by atoms with van der Waals surface area (Å²) in [6.45, 7) is 5.17. The van der Waals surface area contributed by atoms with E-state index in [9.17, 15) is 0 Å². The first-order chi connectivity index (χ1) is 8.13. The Kier molecular flexibility index (Phi) is 5.33. The van der Waals surface area contributed by atoms with E-state index in [1.807, 2.05) is 0 Å². The summed E-state index contributed by atoms with van der Waals surface area (Å²) >= 11 is 0. The van der Waals surface area contributed by atoms with Crippen molar-refractivity contribution in [2.45, 2.75) is 32.6 Å². The number of nitrogens with zero attached hydrogens (tertiary/aromatic N) is 1. The molecule has 0 saturated heterocycles. The minimum absolute atomic E-state index is 0.280. The maximum atomic E-state index is 8.39. The van der Waals surface area contributed by atoms with Gasteiger partial charge in [-0.15, -0.1) is 0 Å². The van der Waals surface area contributed by atoms with Crippen LogP contribution in [-0.4, -0.2) is 17.6 Å². The fraction of sp³-hybridized carbons (Fsp3) is 0.462. The van der Waals surface area contributed by atoms with Gasteiger partial charge in [-0.3, -0.25) is 0 Å². The van der Waals surface area contributed by atoms with Gasteiger partial charge in [0.1, 0.15) is 5.84 Å². The van der Waals surface area contributed by atoms with Gasteiger partial charge >= 0.3 is 0 Å². The van der Waals surface area contributed by atoms with Crippen LogP contribution in [0, 0.1) is 0 Å². The highest BCUT2D eigenvalue weighted by Crippen LogP contribution is 2.18. The van der Waals surface area contributed by atoms with E-state index in [2.05, 4.69) is 48.6 Å². The fourth-order valence-corrected chi connectivity index (χ4v) is 1.56. The van der Waals surface area contributed by atoms with Crippen molar-refractivity contribution in [3.05, 3.63) is 29.8 Å². The van der Waals surface area contributed by atoms with Gasteiger partial charge in [-0.05, 0) is 30.0 Å². The van der Waals surface area contributed by atoms with Gasteiger partial charge in [-0.1, -0.05) is 31.1 Å². The Morgan fingerprint density at radius 3 is 2.88 bits per heavy atom. The van der Waals surface area contributed by atoms with Gasteiger partial charge in [0.2, 0.25) is 0 Å². The zero-order valence-corrected chi connectivity index (χ0v) is 10.5. The Morgan fingerprint density at radius 1 is 1.47 bits per heavy atom. The van der Waals surface area contributed by atoms with Gasteiger partial charge in [0.15, 0.2) is 0 Å². The third kappa shape index (κ3) is 4.76. The predicted octanol–water partition coefficient (Wildman–Crippen LogP) is 2.75. The highest BCUT2D eigenvalue weighted by molar-refractivity contribution is 5.79. The molecule has 0 unspecified atom stereocenters. The van der Waals surface area contributed by atoms with Crippen LogP contribution in [0.5, 0.6) is 0 Å². The normalized spacial score (nSPS) is 11.8. The topological polar surface area (TPSA) is 70.6 Å². The maximum absolute atomic E-state index is 8.39. The van der Waals surface area contributed by atoms with Crippen molar-refractivity contribution < 1.29 is 5.21 Å². The summed E-state index contributed by atoms with van der Waals surface area (Å²) in [4.78, 5) is 0. The molecular weight excluding hydrogens is 214 g/mol. The van der Waals surface area contributed by atoms with Crippen molar-refractivity contribution in [2.75, 3.05) is 11.9 Å². The monoisotopic (exact) mass is 235 g/mol. The molecule has 4 heteroatoms. The number of benzene rings is 1. The molecule has 0 atom stereocenters. The van der Waals surface area contributed by atoms with Crippen LogP contribution in [0.3, 0.4) is 0 Å². The average Bonchev–Trinajstić information content (AvgIpc) is 2.34. The second-order valence-corrected chi connectivity index (χ2v) is 4.40. The molecule has 94 valence electrons. The summed E-state index contributed by atoms with van der Waals surface area (Å²) in [7, 11) is 0. The summed E-state index contributed by atoms with van der Waals surface area (Å²) < 4.78 is 0. The third-order valence-corrected chi connectivity index (χ3v) is 2.62. The van der Waals surface area contributed by atoms with Crippen molar-refractivity contribution in [1.82, 2.24) is 0 Å². The maximum Gasteiger partial charge on any atom is 0.139 e. The standard InChI is InChI=1S/C13H21N3O/c1-10(2)11-5-3-6-12(9-11)15-8-4-7-13(14)16-17/h3,5-6,9-10,15,17H,4,7-8H2,1-2H3,(H2,14,16). The minimum atomic E-state index is 0.280. The summed E-state index contributed by atoms with van der Waals surface area (Å²) in [6.07, 6.45) is 1.45. The molecule has 0 heterocycles. The van der Waals surface area contributed by atoms with Crippen LogP contribution >= 0.6 is 0 Å². The Hall–Kier alpha value is -1.71. The molecule has 0 aliphatic carbocycles. The highest BCUT2D eigenvalue weighted by Gasteiger charge is 2.00. The van der Waals surface area contributed by atoms with Crippen LogP contribution in [0.4, 0.5) is 5.69 Å². The first kappa shape index (κ1) is 13.4. The van der Waals surface area contributed by atoms with Gasteiger partial charge in [0.25, 0.3) is 0 Å². The molecule has 0 aliphatic rings. The number of amidine groups is 1. The van der Waals surface area contributed by atoms with Crippen LogP contribution in [0.25, 0.3) is 0 Å². The molecule has 0 aromatic heterocycles. The summed E-state index contributed by atoms with van der Waals surface area (Å²) in [5.41, 5.74) is 7.83. The van der Waals surface area contributed by atoms with Crippen molar-refractivity contribution in [3.8, 4) is 0 Å². The molecule has 0 bridgehead atoms. The van der Waals surface area contributed by atoms with Gasteiger partial charge in [0.05, 0.1) is 0 Å². The van der Waals surface area contributed by atoms with Crippen molar-refractivity contribution in [2.24, 2.45) is 10.9 Å². The molecule has 1 rings (SSSR count). The molecule has 1 aromatic carbocycles. The second kappa shape index (κ2) is 6.78. The number of hydrogen-bond donors (Lipinski definition) is 3. The molecule has 0 saturated carbocycles. The molecule has 17 heavy (non-hydrogen) atoms. The summed E-state index contributed by atoms with van der Waals surface area (Å²) in [5, 5.41) is 14.7. The van der Waals surface area contributed by atoms with Gasteiger partial charge in [-0.25, -0.2) is 0 Å². The summed E-state index contributed by atoms with van der Waals surface area (Å²) in [6, 6.07) is 8.40. The van der Waals surface area contributed by atoms with E-state index in [-0.39, 0.29) is 5.84 Å². The Morgan fingerprint density at radius 2 is 2.24 bits per heavy atom. The van der Waals surface area contributed by atoms with E-state index in [0.29, 0.717) is 12.3 Å². The zero-order valence-electron chi connectivity index (χ0n) is 10.5. The minimum Gasteiger partial charge on any atom is -0.409 e. The highest BCUT2D eigenvalue weighted by atomic mass is 16.4. The number of rotatable bonds is 6. The number of hydrogen-bond acceptors (Lipinski definition) is 3. The number of oxime groups is 1. The lowest BCUT2D eigenvalue weighted by molar-refractivity contribution is 0.316. The Labute approximate surface area is 103 Å². The molecular formula is C13H21N3O. The lowest BCUT2D eigenvalue weighted by atomic mass is 10.0. The van der Waals surface area contributed by atoms with E-state index in [1.54, 1.807) is 0 Å². The van der Waals surface area contributed by atoms with Gasteiger partial charge < -0.3 is 16.3 Å². The smallest absolute Gasteiger partial charge is 0.139 e. The molecule has 0 fully saturated rings. The molecule has 4 nitrogen and oxygen atoms in total. The van der Waals surface area contributed by atoms with E-state index in [1.165, 1.54) is 5.56 Å². The van der Waals surface area contributed by atoms with Crippen molar-refractivity contribution >= 4 is 11.5 Å². The quantitative estimate of drug-likeness (QED) is 0.233. The van der Waals surface area contributed by atoms with E-state index < -0.39 is 0 Å². The van der Waals surface area contributed by atoms with Crippen LogP contribution in [0.15, 0.2) is 29.4 Å². The second-order valence-electron chi connectivity index (χ2n) is 4.40. The van der Waals surface area contributed by atoms with Crippen LogP contribution in [0.1, 0.15) is 38.2 Å². The lowest BCUT2D eigenvalue weighted by Crippen LogP contribution is -2.13. The molecule has 0 radical (unpaired) electrons. The first-order valence-corrected chi connectivity index (χ1v) is 5.93. The van der Waals surface area contributed by atoms with Crippen molar-refractivity contribution in [3.63, 3.8) is 0 Å². The number of anilines is 1. The van der Waals surface area contributed by atoms with E-state index in [0.717, 1.165) is 18.7 Å². The molecule has 0 amide bonds. The SMILES string of the molecule is CC(C)c1cccc(NCCC/C(N)=N/O)c1. The van der Waals surface area contributed by atoms with Crippen LogP contribution in [-0.2, 0) is 0 Å². The van der Waals surface area contributed by atoms with Crippen LogP contribution in [0.2, 0.25) is 0 Å². The third-order valence-electron chi connectivity index (χ3n) is 2.62. The van der Waals surface area contributed by atoms with E-state index >= 15 is 0 Å².